The Balaban J connectivity index is 1.60. The SMILES string of the molecule is CN1CCN(c2ccc(OC(F)(F)F)c(Nc3ncc4ccc5c(C(=O)O)nn(CC(F)(F)F)c5c4n3)c2)CC1. The van der Waals surface area contributed by atoms with Crippen LogP contribution in [0, 0.1) is 0 Å². The lowest BCUT2D eigenvalue weighted by atomic mass is 10.1. The Bertz CT molecular complexity index is 1580. The zero-order chi connectivity index (χ0) is 28.8. The van der Waals surface area contributed by atoms with Gasteiger partial charge in [-0.05, 0) is 31.3 Å². The number of nitrogens with zero attached hydrogens (tertiary/aromatic N) is 6. The average molecular weight is 569 g/mol. The van der Waals surface area contributed by atoms with Crippen molar-refractivity contribution in [3.8, 4) is 5.75 Å². The molecule has 4 aromatic rings. The number of rotatable bonds is 6. The zero-order valence-electron chi connectivity index (χ0n) is 20.7. The van der Waals surface area contributed by atoms with Crippen LogP contribution in [-0.4, -0.2) is 81.5 Å². The Morgan fingerprint density at radius 2 is 1.80 bits per heavy atom. The number of aromatic carboxylic acids is 1. The molecule has 2 N–H and O–H groups in total. The second-order valence-corrected chi connectivity index (χ2v) is 9.16. The highest BCUT2D eigenvalue weighted by atomic mass is 19.4. The van der Waals surface area contributed by atoms with Gasteiger partial charge < -0.3 is 25.0 Å². The molecule has 1 saturated heterocycles. The van der Waals surface area contributed by atoms with Crippen molar-refractivity contribution >= 4 is 45.1 Å². The van der Waals surface area contributed by atoms with Crippen LogP contribution in [0.15, 0.2) is 36.5 Å². The number of anilines is 3. The van der Waals surface area contributed by atoms with Crippen molar-refractivity contribution in [2.45, 2.75) is 19.1 Å². The summed E-state index contributed by atoms with van der Waals surface area (Å²) >= 11 is 0. The average Bonchev–Trinajstić information content (AvgIpc) is 3.22. The Morgan fingerprint density at radius 1 is 1.07 bits per heavy atom. The van der Waals surface area contributed by atoms with Crippen molar-refractivity contribution in [1.82, 2.24) is 24.6 Å². The molecule has 2 aromatic heterocycles. The van der Waals surface area contributed by atoms with Crippen molar-refractivity contribution in [2.75, 3.05) is 43.4 Å². The van der Waals surface area contributed by atoms with Crippen molar-refractivity contribution < 1.29 is 41.0 Å². The number of carboxylic acids is 1. The van der Waals surface area contributed by atoms with Gasteiger partial charge in [0.1, 0.15) is 12.1 Å². The highest BCUT2D eigenvalue weighted by molar-refractivity contribution is 6.10. The monoisotopic (exact) mass is 569 g/mol. The van der Waals surface area contributed by atoms with Crippen molar-refractivity contribution in [1.29, 1.82) is 0 Å². The molecular weight excluding hydrogens is 548 g/mol. The van der Waals surface area contributed by atoms with Gasteiger partial charge in [-0.2, -0.15) is 18.3 Å². The van der Waals surface area contributed by atoms with Crippen LogP contribution in [-0.2, 0) is 6.54 Å². The predicted molar refractivity (Wildman–Crippen MR) is 132 cm³/mol. The van der Waals surface area contributed by atoms with Crippen LogP contribution < -0.4 is 15.0 Å². The topological polar surface area (TPSA) is 109 Å². The van der Waals surface area contributed by atoms with Gasteiger partial charge in [-0.1, -0.05) is 6.07 Å². The lowest BCUT2D eigenvalue weighted by Crippen LogP contribution is -2.44. The molecule has 0 saturated carbocycles. The van der Waals surface area contributed by atoms with E-state index in [1.807, 2.05) is 11.9 Å². The maximum atomic E-state index is 13.3. The fourth-order valence-corrected chi connectivity index (χ4v) is 4.47. The normalized spacial score (nSPS) is 15.1. The number of piperazine rings is 1. The molecule has 1 fully saturated rings. The van der Waals surface area contributed by atoms with E-state index in [-0.39, 0.29) is 33.4 Å². The Labute approximate surface area is 221 Å². The van der Waals surface area contributed by atoms with Gasteiger partial charge in [0, 0.05) is 48.8 Å². The molecule has 212 valence electrons. The first-order valence-electron chi connectivity index (χ1n) is 11.8. The summed E-state index contributed by atoms with van der Waals surface area (Å²) in [5.41, 5.74) is -0.406. The van der Waals surface area contributed by atoms with E-state index >= 15 is 0 Å². The first-order chi connectivity index (χ1) is 18.8. The summed E-state index contributed by atoms with van der Waals surface area (Å²) in [6, 6.07) is 6.80. The number of ether oxygens (including phenoxy) is 1. The van der Waals surface area contributed by atoms with Gasteiger partial charge in [-0.15, -0.1) is 13.2 Å². The van der Waals surface area contributed by atoms with E-state index in [2.05, 4.69) is 30.0 Å². The van der Waals surface area contributed by atoms with Crippen molar-refractivity contribution in [2.24, 2.45) is 0 Å². The summed E-state index contributed by atoms with van der Waals surface area (Å²) in [5.74, 6) is -2.35. The largest absolute Gasteiger partial charge is 0.573 e. The number of halogens is 6. The van der Waals surface area contributed by atoms with Gasteiger partial charge in [0.15, 0.2) is 11.4 Å². The summed E-state index contributed by atoms with van der Waals surface area (Å²) < 4.78 is 83.9. The molecule has 0 radical (unpaired) electrons. The number of benzene rings is 2. The van der Waals surface area contributed by atoms with Crippen LogP contribution in [0.3, 0.4) is 0 Å². The minimum Gasteiger partial charge on any atom is -0.476 e. The summed E-state index contributed by atoms with van der Waals surface area (Å²) in [6.07, 6.45) is -8.47. The third-order valence-electron chi connectivity index (χ3n) is 6.30. The van der Waals surface area contributed by atoms with Crippen LogP contribution in [0.2, 0.25) is 0 Å². The lowest BCUT2D eigenvalue weighted by molar-refractivity contribution is -0.274. The summed E-state index contributed by atoms with van der Waals surface area (Å²) in [5, 5.41) is 16.0. The van der Waals surface area contributed by atoms with Gasteiger partial charge in [0.25, 0.3) is 0 Å². The molecule has 1 aliphatic rings. The highest BCUT2D eigenvalue weighted by Gasteiger charge is 2.33. The molecule has 16 heteroatoms. The number of hydrogen-bond acceptors (Lipinski definition) is 8. The molecule has 0 aliphatic carbocycles. The number of fused-ring (bicyclic) bond motifs is 3. The number of hydrogen-bond donors (Lipinski definition) is 2. The van der Waals surface area contributed by atoms with E-state index in [1.54, 1.807) is 0 Å². The van der Waals surface area contributed by atoms with Gasteiger partial charge in [0.2, 0.25) is 5.95 Å². The van der Waals surface area contributed by atoms with Crippen LogP contribution in [0.25, 0.3) is 21.8 Å². The number of aromatic nitrogens is 4. The molecule has 0 unspecified atom stereocenters. The summed E-state index contributed by atoms with van der Waals surface area (Å²) in [4.78, 5) is 24.1. The Kier molecular flexibility index (Phi) is 6.81. The third-order valence-corrected chi connectivity index (χ3v) is 6.30. The van der Waals surface area contributed by atoms with Gasteiger partial charge in [-0.25, -0.2) is 14.8 Å². The maximum absolute atomic E-state index is 13.3. The summed E-state index contributed by atoms with van der Waals surface area (Å²) in [7, 11) is 1.96. The van der Waals surface area contributed by atoms with Crippen LogP contribution >= 0.6 is 0 Å². The van der Waals surface area contributed by atoms with E-state index in [4.69, 9.17) is 0 Å². The summed E-state index contributed by atoms with van der Waals surface area (Å²) in [6.45, 7) is 1.18. The molecule has 5 rings (SSSR count). The molecule has 40 heavy (non-hydrogen) atoms. The molecular formula is C24H21F6N7O3. The van der Waals surface area contributed by atoms with Gasteiger partial charge in [0.05, 0.1) is 11.2 Å². The number of carboxylic acid groups (broad SMARTS) is 1. The molecule has 3 heterocycles. The lowest BCUT2D eigenvalue weighted by Gasteiger charge is -2.34. The van der Waals surface area contributed by atoms with Crippen LogP contribution in [0.4, 0.5) is 43.7 Å². The highest BCUT2D eigenvalue weighted by Crippen LogP contribution is 2.36. The Hall–Kier alpha value is -4.34. The van der Waals surface area contributed by atoms with Crippen LogP contribution in [0.1, 0.15) is 10.5 Å². The zero-order valence-corrected chi connectivity index (χ0v) is 20.7. The standard InChI is InChI=1S/C24H21F6N7O3/c1-35-6-8-36(9-7-35)14-3-5-17(40-24(28,29)30)16(10-14)32-22-31-11-13-2-4-15-19(21(38)39)34-37(12-23(25,26)27)20(15)18(13)33-22/h2-5,10-11H,6-9,12H2,1H3,(H,38,39)(H,31,32,33). The minimum atomic E-state index is -5.00. The fourth-order valence-electron chi connectivity index (χ4n) is 4.47. The fraction of sp³-hybridized carbons (Fsp3) is 0.333. The van der Waals surface area contributed by atoms with E-state index < -0.39 is 36.5 Å². The maximum Gasteiger partial charge on any atom is 0.573 e. The van der Waals surface area contributed by atoms with Gasteiger partial charge in [-0.3, -0.25) is 4.68 Å². The van der Waals surface area contributed by atoms with Crippen molar-refractivity contribution in [3.05, 3.63) is 42.2 Å². The first-order valence-corrected chi connectivity index (χ1v) is 11.8. The molecule has 0 spiro atoms. The molecule has 2 aromatic carbocycles. The van der Waals surface area contributed by atoms with E-state index in [1.165, 1.54) is 30.5 Å². The molecule has 0 atom stereocenters. The smallest absolute Gasteiger partial charge is 0.476 e. The number of nitrogens with one attached hydrogen (secondary N) is 1. The quantitative estimate of drug-likeness (QED) is 0.321. The number of carbonyl (C=O) groups is 1. The number of alkyl halides is 6. The van der Waals surface area contributed by atoms with Crippen LogP contribution in [0.5, 0.6) is 5.75 Å². The minimum absolute atomic E-state index is 0.0761. The van der Waals surface area contributed by atoms with E-state index in [0.29, 0.717) is 23.5 Å². The number of likely N-dealkylation sites (N-methyl/N-ethyl adjacent to an activating group) is 1. The van der Waals surface area contributed by atoms with Crippen molar-refractivity contribution in [3.63, 3.8) is 0 Å². The second-order valence-electron chi connectivity index (χ2n) is 9.16. The second kappa shape index (κ2) is 10.0. The van der Waals surface area contributed by atoms with E-state index in [9.17, 15) is 36.2 Å². The molecule has 10 nitrogen and oxygen atoms in total. The molecule has 1 aliphatic heterocycles. The first kappa shape index (κ1) is 27.2. The van der Waals surface area contributed by atoms with E-state index in [0.717, 1.165) is 19.2 Å². The molecule has 0 bridgehead atoms. The molecule has 0 amide bonds. The predicted octanol–water partition coefficient (Wildman–Crippen LogP) is 4.63. The Morgan fingerprint density at radius 3 is 2.45 bits per heavy atom. The third kappa shape index (κ3) is 5.80. The van der Waals surface area contributed by atoms with Gasteiger partial charge >= 0.3 is 18.5 Å².